The highest BCUT2D eigenvalue weighted by molar-refractivity contribution is 5.84. The van der Waals surface area contributed by atoms with Gasteiger partial charge in [0.1, 0.15) is 6.04 Å². The minimum atomic E-state index is -0.809. The smallest absolute Gasteiger partial charge is 0.326 e. The number of fused-ring (bicyclic) bond motifs is 1. The van der Waals surface area contributed by atoms with Crippen molar-refractivity contribution in [2.24, 2.45) is 5.92 Å². The molecular formula is C23H41NO3. The van der Waals surface area contributed by atoms with Gasteiger partial charge in [0.05, 0.1) is 0 Å². The number of aliphatic carboxylic acids is 1. The predicted octanol–water partition coefficient (Wildman–Crippen LogP) is 5.93. The molecule has 0 aromatic carbocycles. The molecule has 2 fully saturated rings. The summed E-state index contributed by atoms with van der Waals surface area (Å²) >= 11 is 0. The van der Waals surface area contributed by atoms with Crippen molar-refractivity contribution in [1.29, 1.82) is 0 Å². The molecule has 3 atom stereocenters. The predicted molar refractivity (Wildman–Crippen MR) is 110 cm³/mol. The Morgan fingerprint density at radius 3 is 2.00 bits per heavy atom. The van der Waals surface area contributed by atoms with Crippen LogP contribution in [0.25, 0.3) is 0 Å². The zero-order valence-corrected chi connectivity index (χ0v) is 17.5. The van der Waals surface area contributed by atoms with Gasteiger partial charge in [-0.3, -0.25) is 4.79 Å². The van der Waals surface area contributed by atoms with Crippen LogP contribution in [-0.2, 0) is 9.59 Å². The summed E-state index contributed by atoms with van der Waals surface area (Å²) in [6.07, 6.45) is 19.6. The van der Waals surface area contributed by atoms with Gasteiger partial charge in [-0.15, -0.1) is 0 Å². The van der Waals surface area contributed by atoms with E-state index in [4.69, 9.17) is 0 Å². The molecule has 1 aliphatic heterocycles. The molecule has 0 aromatic heterocycles. The van der Waals surface area contributed by atoms with E-state index in [2.05, 4.69) is 6.92 Å². The van der Waals surface area contributed by atoms with E-state index in [9.17, 15) is 14.7 Å². The molecule has 27 heavy (non-hydrogen) atoms. The zero-order chi connectivity index (χ0) is 19.5. The summed E-state index contributed by atoms with van der Waals surface area (Å²) in [7, 11) is 0. The van der Waals surface area contributed by atoms with Crippen molar-refractivity contribution in [3.8, 4) is 0 Å². The summed E-state index contributed by atoms with van der Waals surface area (Å²) in [5, 5.41) is 9.55. The lowest BCUT2D eigenvalue weighted by molar-refractivity contribution is -0.149. The van der Waals surface area contributed by atoms with Crippen LogP contribution in [0, 0.1) is 5.92 Å². The fourth-order valence-electron chi connectivity index (χ4n) is 5.11. The summed E-state index contributed by atoms with van der Waals surface area (Å²) in [6, 6.07) is -0.377. The van der Waals surface area contributed by atoms with Gasteiger partial charge in [0.25, 0.3) is 0 Å². The monoisotopic (exact) mass is 379 g/mol. The number of rotatable bonds is 13. The van der Waals surface area contributed by atoms with E-state index in [-0.39, 0.29) is 11.9 Å². The number of carbonyl (C=O) groups is 2. The van der Waals surface area contributed by atoms with Gasteiger partial charge in [0.15, 0.2) is 0 Å². The third-order valence-electron chi connectivity index (χ3n) is 6.66. The second-order valence-electron chi connectivity index (χ2n) is 8.79. The molecule has 4 heteroatoms. The van der Waals surface area contributed by atoms with E-state index < -0.39 is 12.0 Å². The summed E-state index contributed by atoms with van der Waals surface area (Å²) < 4.78 is 0. The molecule has 0 aromatic rings. The number of carbonyl (C=O) groups excluding carboxylic acids is 1. The first-order chi connectivity index (χ1) is 13.1. The molecule has 0 spiro atoms. The molecule has 2 aliphatic rings. The van der Waals surface area contributed by atoms with Crippen molar-refractivity contribution in [2.75, 3.05) is 0 Å². The summed E-state index contributed by atoms with van der Waals surface area (Å²) in [4.78, 5) is 26.1. The highest BCUT2D eigenvalue weighted by Gasteiger charge is 2.47. The first-order valence-electron chi connectivity index (χ1n) is 11.7. The Kier molecular flexibility index (Phi) is 10.2. The van der Waals surface area contributed by atoms with Gasteiger partial charge in [-0.05, 0) is 31.6 Å². The van der Waals surface area contributed by atoms with E-state index in [1.54, 1.807) is 4.90 Å². The lowest BCUT2D eigenvalue weighted by atomic mass is 9.84. The highest BCUT2D eigenvalue weighted by Crippen LogP contribution is 2.40. The maximum atomic E-state index is 12.7. The van der Waals surface area contributed by atoms with Crippen LogP contribution in [0.2, 0.25) is 0 Å². The topological polar surface area (TPSA) is 57.6 Å². The number of likely N-dealkylation sites (tertiary alicyclic amines) is 1. The number of hydrogen-bond acceptors (Lipinski definition) is 2. The summed E-state index contributed by atoms with van der Waals surface area (Å²) in [6.45, 7) is 2.25. The van der Waals surface area contributed by atoms with Gasteiger partial charge in [0, 0.05) is 12.5 Å². The fourth-order valence-corrected chi connectivity index (χ4v) is 5.11. The van der Waals surface area contributed by atoms with Crippen LogP contribution < -0.4 is 0 Å². The van der Waals surface area contributed by atoms with E-state index in [1.165, 1.54) is 64.2 Å². The third kappa shape index (κ3) is 7.12. The molecule has 2 rings (SSSR count). The number of carboxylic acid groups (broad SMARTS) is 1. The average Bonchev–Trinajstić information content (AvgIpc) is 3.06. The van der Waals surface area contributed by atoms with E-state index >= 15 is 0 Å². The van der Waals surface area contributed by atoms with Crippen LogP contribution in [0.4, 0.5) is 0 Å². The normalized spacial score (nSPS) is 24.8. The Labute approximate surface area is 166 Å². The molecule has 4 nitrogen and oxygen atoms in total. The van der Waals surface area contributed by atoms with Gasteiger partial charge in [-0.25, -0.2) is 4.79 Å². The van der Waals surface area contributed by atoms with E-state index in [0.29, 0.717) is 18.8 Å². The third-order valence-corrected chi connectivity index (χ3v) is 6.66. The lowest BCUT2D eigenvalue weighted by Gasteiger charge is -2.33. The minimum Gasteiger partial charge on any atom is -0.480 e. The molecule has 1 aliphatic carbocycles. The van der Waals surface area contributed by atoms with Crippen LogP contribution >= 0.6 is 0 Å². The molecule has 0 bridgehead atoms. The van der Waals surface area contributed by atoms with Gasteiger partial charge in [-0.2, -0.15) is 0 Å². The Morgan fingerprint density at radius 1 is 0.852 bits per heavy atom. The van der Waals surface area contributed by atoms with Gasteiger partial charge in [-0.1, -0.05) is 84.0 Å². The Hall–Kier alpha value is -1.06. The molecule has 156 valence electrons. The Balaban J connectivity index is 1.58. The number of carboxylic acids is 1. The Bertz CT molecular complexity index is 451. The Morgan fingerprint density at radius 2 is 1.41 bits per heavy atom. The fraction of sp³-hybridized carbons (Fsp3) is 0.913. The first-order valence-corrected chi connectivity index (χ1v) is 11.7. The number of nitrogens with zero attached hydrogens (tertiary/aromatic N) is 1. The first kappa shape index (κ1) is 22.2. The van der Waals surface area contributed by atoms with Crippen LogP contribution in [0.15, 0.2) is 0 Å². The molecule has 0 radical (unpaired) electrons. The molecule has 0 unspecified atom stereocenters. The second-order valence-corrected chi connectivity index (χ2v) is 8.79. The van der Waals surface area contributed by atoms with Crippen molar-refractivity contribution in [3.05, 3.63) is 0 Å². The van der Waals surface area contributed by atoms with Gasteiger partial charge >= 0.3 is 5.97 Å². The van der Waals surface area contributed by atoms with Crippen molar-refractivity contribution in [3.63, 3.8) is 0 Å². The largest absolute Gasteiger partial charge is 0.480 e. The maximum Gasteiger partial charge on any atom is 0.326 e. The minimum absolute atomic E-state index is 0.0905. The van der Waals surface area contributed by atoms with Crippen molar-refractivity contribution in [2.45, 2.75) is 128 Å². The molecule has 1 saturated carbocycles. The highest BCUT2D eigenvalue weighted by atomic mass is 16.4. The second kappa shape index (κ2) is 12.4. The van der Waals surface area contributed by atoms with E-state index in [1.807, 2.05) is 0 Å². The molecule has 1 heterocycles. The number of amides is 1. The molecule has 1 amide bonds. The zero-order valence-electron chi connectivity index (χ0n) is 17.5. The van der Waals surface area contributed by atoms with Gasteiger partial charge < -0.3 is 10.0 Å². The summed E-state index contributed by atoms with van der Waals surface area (Å²) in [5.41, 5.74) is 0. The summed E-state index contributed by atoms with van der Waals surface area (Å²) in [5.74, 6) is -0.300. The quantitative estimate of drug-likeness (QED) is 0.403. The van der Waals surface area contributed by atoms with Crippen molar-refractivity contribution in [1.82, 2.24) is 4.90 Å². The molecule has 1 N–H and O–H groups in total. The van der Waals surface area contributed by atoms with E-state index in [0.717, 1.165) is 32.1 Å². The number of unbranched alkanes of at least 4 members (excludes halogenated alkanes) is 10. The van der Waals surface area contributed by atoms with Crippen molar-refractivity contribution >= 4 is 11.9 Å². The van der Waals surface area contributed by atoms with Crippen LogP contribution in [0.3, 0.4) is 0 Å². The molecular weight excluding hydrogens is 338 g/mol. The van der Waals surface area contributed by atoms with Gasteiger partial charge in [0.2, 0.25) is 5.91 Å². The van der Waals surface area contributed by atoms with Crippen LogP contribution in [0.1, 0.15) is 116 Å². The van der Waals surface area contributed by atoms with Crippen molar-refractivity contribution < 1.29 is 14.7 Å². The maximum absolute atomic E-state index is 12.7. The molecule has 1 saturated heterocycles. The average molecular weight is 380 g/mol. The van der Waals surface area contributed by atoms with Crippen LogP contribution in [-0.4, -0.2) is 34.0 Å². The lowest BCUT2D eigenvalue weighted by Crippen LogP contribution is -2.46. The van der Waals surface area contributed by atoms with Crippen LogP contribution in [0.5, 0.6) is 0 Å². The SMILES string of the molecule is CCCCCCCCCCCCCC(=O)N1[C@H](C(=O)O)C[C@@H]2CCCC[C@@H]21. The number of hydrogen-bond donors (Lipinski definition) is 1. The standard InChI is InChI=1S/C23H41NO3/c1-2-3-4-5-6-7-8-9-10-11-12-17-22(25)24-20-16-14-13-15-19(20)18-21(24)23(26)27/h19-21H,2-18H2,1H3,(H,26,27)/t19-,20-,21-/m0/s1.